The van der Waals surface area contributed by atoms with Crippen LogP contribution in [-0.4, -0.2) is 31.6 Å². The lowest BCUT2D eigenvalue weighted by atomic mass is 10.1. The minimum Gasteiger partial charge on any atom is -0.497 e. The van der Waals surface area contributed by atoms with Crippen LogP contribution >= 0.6 is 0 Å². The average molecular weight is 359 g/mol. The van der Waals surface area contributed by atoms with Crippen molar-refractivity contribution in [1.82, 2.24) is 5.32 Å². The smallest absolute Gasteiger partial charge is 0.341 e. The summed E-state index contributed by atoms with van der Waals surface area (Å²) in [5.74, 6) is -1.78. The minimum absolute atomic E-state index is 0.0702. The summed E-state index contributed by atoms with van der Waals surface area (Å²) in [6, 6.07) is 13.7. The third kappa shape index (κ3) is 5.88. The van der Waals surface area contributed by atoms with Gasteiger partial charge in [0.2, 0.25) is 0 Å². The standard InChI is InChI=1S/C20H22FNO4/c1-14(8-9-15-6-4-3-5-7-15)22-19(23)13-26-20(24)17-11-10-16(25-2)12-18(17)21/h3-7,10-12,14H,8-9,13H2,1-2H3,(H,22,23)/t14-/m0/s1. The van der Waals surface area contributed by atoms with E-state index >= 15 is 0 Å². The number of rotatable bonds is 8. The van der Waals surface area contributed by atoms with Crippen LogP contribution in [0.15, 0.2) is 48.5 Å². The fourth-order valence-corrected chi connectivity index (χ4v) is 2.41. The molecule has 0 heterocycles. The number of halogens is 1. The van der Waals surface area contributed by atoms with Gasteiger partial charge >= 0.3 is 5.97 Å². The first-order valence-corrected chi connectivity index (χ1v) is 8.33. The van der Waals surface area contributed by atoms with E-state index in [4.69, 9.17) is 9.47 Å². The molecule has 2 rings (SSSR count). The van der Waals surface area contributed by atoms with E-state index < -0.39 is 24.3 Å². The van der Waals surface area contributed by atoms with Crippen LogP contribution in [0.1, 0.15) is 29.3 Å². The van der Waals surface area contributed by atoms with Crippen molar-refractivity contribution in [3.8, 4) is 5.75 Å². The van der Waals surface area contributed by atoms with E-state index in [1.807, 2.05) is 37.3 Å². The molecular weight excluding hydrogens is 337 g/mol. The van der Waals surface area contributed by atoms with E-state index in [0.29, 0.717) is 5.75 Å². The highest BCUT2D eigenvalue weighted by molar-refractivity contribution is 5.91. The van der Waals surface area contributed by atoms with Crippen LogP contribution in [-0.2, 0) is 16.0 Å². The van der Waals surface area contributed by atoms with Gasteiger partial charge in [0, 0.05) is 12.1 Å². The second-order valence-corrected chi connectivity index (χ2v) is 5.91. The third-order valence-corrected chi connectivity index (χ3v) is 3.85. The van der Waals surface area contributed by atoms with Crippen LogP contribution in [0.5, 0.6) is 5.75 Å². The molecule has 0 saturated carbocycles. The van der Waals surface area contributed by atoms with Crippen LogP contribution in [0.4, 0.5) is 4.39 Å². The molecule has 0 spiro atoms. The zero-order valence-corrected chi connectivity index (χ0v) is 14.8. The van der Waals surface area contributed by atoms with Gasteiger partial charge < -0.3 is 14.8 Å². The maximum atomic E-state index is 13.8. The van der Waals surface area contributed by atoms with E-state index in [9.17, 15) is 14.0 Å². The zero-order valence-electron chi connectivity index (χ0n) is 14.8. The highest BCUT2D eigenvalue weighted by atomic mass is 19.1. The number of nitrogens with one attached hydrogen (secondary N) is 1. The Morgan fingerprint density at radius 1 is 1.15 bits per heavy atom. The van der Waals surface area contributed by atoms with E-state index in [0.717, 1.165) is 18.9 Å². The topological polar surface area (TPSA) is 64.6 Å². The maximum absolute atomic E-state index is 13.8. The number of ether oxygens (including phenoxy) is 2. The number of methoxy groups -OCH3 is 1. The van der Waals surface area contributed by atoms with Crippen molar-refractivity contribution < 1.29 is 23.5 Å². The van der Waals surface area contributed by atoms with E-state index in [2.05, 4.69) is 5.32 Å². The summed E-state index contributed by atoms with van der Waals surface area (Å²) in [6.07, 6.45) is 1.59. The molecule has 2 aromatic carbocycles. The van der Waals surface area contributed by atoms with Crippen molar-refractivity contribution in [3.63, 3.8) is 0 Å². The molecule has 0 saturated heterocycles. The Bertz CT molecular complexity index is 749. The summed E-state index contributed by atoms with van der Waals surface area (Å²) < 4.78 is 23.5. The van der Waals surface area contributed by atoms with Gasteiger partial charge in [-0.1, -0.05) is 30.3 Å². The largest absolute Gasteiger partial charge is 0.497 e. The van der Waals surface area contributed by atoms with E-state index in [1.165, 1.54) is 24.8 Å². The van der Waals surface area contributed by atoms with E-state index in [-0.39, 0.29) is 11.6 Å². The number of hydrogen-bond acceptors (Lipinski definition) is 4. The van der Waals surface area contributed by atoms with Crippen molar-refractivity contribution in [1.29, 1.82) is 0 Å². The van der Waals surface area contributed by atoms with Crippen molar-refractivity contribution in [3.05, 3.63) is 65.5 Å². The lowest BCUT2D eigenvalue weighted by Gasteiger charge is -2.14. The molecule has 0 aliphatic carbocycles. The van der Waals surface area contributed by atoms with Crippen molar-refractivity contribution in [2.45, 2.75) is 25.8 Å². The molecule has 6 heteroatoms. The van der Waals surface area contributed by atoms with Crippen molar-refractivity contribution >= 4 is 11.9 Å². The fourth-order valence-electron chi connectivity index (χ4n) is 2.41. The average Bonchev–Trinajstić information content (AvgIpc) is 2.65. The summed E-state index contributed by atoms with van der Waals surface area (Å²) in [6.45, 7) is 1.42. The second kappa shape index (κ2) is 9.56. The number of carbonyl (C=O) groups excluding carboxylic acids is 2. The van der Waals surface area contributed by atoms with Crippen molar-refractivity contribution in [2.75, 3.05) is 13.7 Å². The molecule has 0 radical (unpaired) electrons. The van der Waals surface area contributed by atoms with Gasteiger partial charge in [-0.05, 0) is 37.5 Å². The third-order valence-electron chi connectivity index (χ3n) is 3.85. The molecule has 26 heavy (non-hydrogen) atoms. The van der Waals surface area contributed by atoms with Gasteiger partial charge in [0.15, 0.2) is 6.61 Å². The quantitative estimate of drug-likeness (QED) is 0.736. The normalized spacial score (nSPS) is 11.5. The Balaban J connectivity index is 1.76. The van der Waals surface area contributed by atoms with Gasteiger partial charge in [-0.3, -0.25) is 4.79 Å². The summed E-state index contributed by atoms with van der Waals surface area (Å²) in [7, 11) is 1.40. The SMILES string of the molecule is COc1ccc(C(=O)OCC(=O)N[C@@H](C)CCc2ccccc2)c(F)c1. The molecule has 0 aliphatic heterocycles. The fraction of sp³-hybridized carbons (Fsp3) is 0.300. The van der Waals surface area contributed by atoms with Crippen LogP contribution in [0.2, 0.25) is 0 Å². The first kappa shape index (κ1) is 19.4. The Labute approximate surface area is 152 Å². The zero-order chi connectivity index (χ0) is 18.9. The van der Waals surface area contributed by atoms with Gasteiger partial charge in [0.1, 0.15) is 11.6 Å². The molecule has 0 aromatic heterocycles. The number of benzene rings is 2. The lowest BCUT2D eigenvalue weighted by Crippen LogP contribution is -2.36. The molecule has 1 atom stereocenters. The molecule has 0 bridgehead atoms. The Hall–Kier alpha value is -2.89. The van der Waals surface area contributed by atoms with Gasteiger partial charge in [0.05, 0.1) is 12.7 Å². The summed E-state index contributed by atoms with van der Waals surface area (Å²) in [5.41, 5.74) is 0.950. The van der Waals surface area contributed by atoms with Gasteiger partial charge in [0.25, 0.3) is 5.91 Å². The summed E-state index contributed by atoms with van der Waals surface area (Å²) in [4.78, 5) is 23.8. The molecule has 0 aliphatic rings. The van der Waals surface area contributed by atoms with E-state index in [1.54, 1.807) is 0 Å². The molecule has 0 unspecified atom stereocenters. The van der Waals surface area contributed by atoms with Gasteiger partial charge in [-0.15, -0.1) is 0 Å². The van der Waals surface area contributed by atoms with Crippen LogP contribution < -0.4 is 10.1 Å². The number of aryl methyl sites for hydroxylation is 1. The Morgan fingerprint density at radius 3 is 2.54 bits per heavy atom. The predicted octanol–water partition coefficient (Wildman–Crippen LogP) is 3.13. The lowest BCUT2D eigenvalue weighted by molar-refractivity contribution is -0.124. The maximum Gasteiger partial charge on any atom is 0.341 e. The first-order valence-electron chi connectivity index (χ1n) is 8.33. The number of carbonyl (C=O) groups is 2. The molecular formula is C20H22FNO4. The van der Waals surface area contributed by atoms with Crippen molar-refractivity contribution in [2.24, 2.45) is 0 Å². The predicted molar refractivity (Wildman–Crippen MR) is 95.6 cm³/mol. The molecule has 138 valence electrons. The van der Waals surface area contributed by atoms with Crippen LogP contribution in [0.3, 0.4) is 0 Å². The highest BCUT2D eigenvalue weighted by Gasteiger charge is 2.16. The number of hydrogen-bond donors (Lipinski definition) is 1. The molecule has 0 fully saturated rings. The first-order chi connectivity index (χ1) is 12.5. The summed E-state index contributed by atoms with van der Waals surface area (Å²) >= 11 is 0. The number of amides is 1. The minimum atomic E-state index is -0.891. The second-order valence-electron chi connectivity index (χ2n) is 5.91. The molecule has 1 amide bonds. The Morgan fingerprint density at radius 2 is 1.88 bits per heavy atom. The highest BCUT2D eigenvalue weighted by Crippen LogP contribution is 2.17. The molecule has 2 aromatic rings. The number of esters is 1. The monoisotopic (exact) mass is 359 g/mol. The van der Waals surface area contributed by atoms with Gasteiger partial charge in [-0.2, -0.15) is 0 Å². The van der Waals surface area contributed by atoms with Gasteiger partial charge in [-0.25, -0.2) is 9.18 Å². The Kier molecular flexibility index (Phi) is 7.14. The molecule has 1 N–H and O–H groups in total. The van der Waals surface area contributed by atoms with Crippen LogP contribution in [0.25, 0.3) is 0 Å². The molecule has 5 nitrogen and oxygen atoms in total. The summed E-state index contributed by atoms with van der Waals surface area (Å²) in [5, 5.41) is 2.76. The van der Waals surface area contributed by atoms with Crippen LogP contribution in [0, 0.1) is 5.82 Å².